The Morgan fingerprint density at radius 3 is 0.983 bits per heavy atom. The van der Waals surface area contributed by atoms with Crippen LogP contribution in [0.25, 0.3) is 90.9 Å². The lowest BCUT2D eigenvalue weighted by molar-refractivity contribution is 0.0686. The summed E-state index contributed by atoms with van der Waals surface area (Å²) in [6, 6.07) is 30.9. The molecule has 4 N–H and O–H groups in total. The number of aromatic nitrogens is 4. The van der Waals surface area contributed by atoms with Crippen molar-refractivity contribution in [3.8, 4) is 44.5 Å². The predicted octanol–water partition coefficient (Wildman–Crippen LogP) is 12.6. The highest BCUT2D eigenvalue weighted by atomic mass is 16.4. The summed E-state index contributed by atoms with van der Waals surface area (Å²) in [4.78, 5) is 42.2. The quantitative estimate of drug-likeness (QED) is 0.133. The van der Waals surface area contributed by atoms with Gasteiger partial charge in [-0.1, -0.05) is 59.7 Å². The molecule has 8 nitrogen and oxygen atoms in total. The summed E-state index contributed by atoms with van der Waals surface area (Å²) in [6.07, 6.45) is 8.16. The molecule has 0 amide bonds. The highest BCUT2D eigenvalue weighted by molar-refractivity contribution is 6.01. The molecular weight excluding hydrogens is 745 g/mol. The normalized spacial score (nSPS) is 12.0. The molecule has 294 valence electrons. The number of hydrogen-bond acceptors (Lipinski definition) is 4. The molecule has 0 saturated carbocycles. The number of aromatic amines is 2. The van der Waals surface area contributed by atoms with Crippen LogP contribution >= 0.6 is 0 Å². The van der Waals surface area contributed by atoms with Gasteiger partial charge in [-0.05, 0) is 159 Å². The van der Waals surface area contributed by atoms with Crippen molar-refractivity contribution in [3.05, 3.63) is 164 Å². The molecule has 7 aromatic rings. The van der Waals surface area contributed by atoms with Gasteiger partial charge in [0, 0.05) is 44.3 Å². The Morgan fingerprint density at radius 1 is 0.400 bits per heavy atom. The fraction of sp³-hybridized carbons (Fsp3) is 0.115. The Hall–Kier alpha value is -7.58. The minimum atomic E-state index is -0.990. The van der Waals surface area contributed by atoms with Crippen molar-refractivity contribution in [2.45, 2.75) is 41.5 Å². The maximum atomic E-state index is 11.9. The van der Waals surface area contributed by atoms with Gasteiger partial charge in [-0.2, -0.15) is 0 Å². The molecule has 60 heavy (non-hydrogen) atoms. The van der Waals surface area contributed by atoms with Gasteiger partial charge in [0.15, 0.2) is 0 Å². The van der Waals surface area contributed by atoms with Crippen LogP contribution in [0.3, 0.4) is 0 Å². The topological polar surface area (TPSA) is 132 Å². The first kappa shape index (κ1) is 38.0. The van der Waals surface area contributed by atoms with Crippen LogP contribution in [0.15, 0.2) is 97.1 Å². The number of benzene rings is 4. The number of hydrogen-bond donors (Lipinski definition) is 4. The molecule has 3 aromatic heterocycles. The zero-order chi connectivity index (χ0) is 42.0. The van der Waals surface area contributed by atoms with E-state index in [0.29, 0.717) is 0 Å². The van der Waals surface area contributed by atoms with E-state index in [-0.39, 0.29) is 11.1 Å². The molecule has 5 heterocycles. The Bertz CT molecular complexity index is 2940. The highest BCUT2D eigenvalue weighted by Crippen LogP contribution is 2.41. The van der Waals surface area contributed by atoms with Gasteiger partial charge < -0.3 is 20.2 Å². The van der Waals surface area contributed by atoms with Gasteiger partial charge in [-0.15, -0.1) is 0 Å². The Morgan fingerprint density at radius 2 is 0.683 bits per heavy atom. The van der Waals surface area contributed by atoms with Crippen LogP contribution in [0.5, 0.6) is 0 Å². The second-order valence-electron chi connectivity index (χ2n) is 15.8. The summed E-state index contributed by atoms with van der Waals surface area (Å²) in [7, 11) is 0. The SMILES string of the molecule is Cc1cc(C)c(-c2c3nc(c(-c4ccc(C(=O)O)cc4)c4ccc([nH]4)c(-c4c(C)cc(C)cc4C)c4nc(c(-c5ccc(C(=O)O)cc5)c5ccc2[nH]5)C=C4)C=C3)c(C)c1. The lowest BCUT2D eigenvalue weighted by Crippen LogP contribution is -1.96. The summed E-state index contributed by atoms with van der Waals surface area (Å²) in [5, 5.41) is 19.5. The molecule has 0 fully saturated rings. The molecule has 0 saturated heterocycles. The highest BCUT2D eigenvalue weighted by Gasteiger charge is 2.22. The number of aromatic carboxylic acids is 2. The molecule has 0 unspecified atom stereocenters. The molecular formula is C52H42N4O4. The van der Waals surface area contributed by atoms with Crippen molar-refractivity contribution in [2.75, 3.05) is 0 Å². The molecule has 4 aromatic carbocycles. The number of nitrogens with zero attached hydrogens (tertiary/aromatic N) is 2. The number of carboxylic acid groups (broad SMARTS) is 2. The Kier molecular flexibility index (Phi) is 9.28. The number of fused-ring (bicyclic) bond motifs is 8. The first-order valence-corrected chi connectivity index (χ1v) is 19.8. The third-order valence-corrected chi connectivity index (χ3v) is 11.4. The van der Waals surface area contributed by atoms with Crippen LogP contribution in [0.2, 0.25) is 0 Å². The molecule has 9 rings (SSSR count). The van der Waals surface area contributed by atoms with E-state index < -0.39 is 11.9 Å². The monoisotopic (exact) mass is 786 g/mol. The van der Waals surface area contributed by atoms with Crippen molar-refractivity contribution in [3.63, 3.8) is 0 Å². The number of H-pyrrole nitrogens is 2. The Balaban J connectivity index is 1.49. The third-order valence-electron chi connectivity index (χ3n) is 11.4. The maximum Gasteiger partial charge on any atom is 0.335 e. The number of nitrogens with one attached hydrogen (secondary N) is 2. The molecule has 8 heteroatoms. The van der Waals surface area contributed by atoms with E-state index in [1.165, 1.54) is 11.1 Å². The first-order valence-electron chi connectivity index (χ1n) is 19.8. The Labute approximate surface area is 347 Å². The van der Waals surface area contributed by atoms with Crippen LogP contribution in [-0.4, -0.2) is 42.1 Å². The fourth-order valence-corrected chi connectivity index (χ4v) is 9.05. The molecule has 0 spiro atoms. The van der Waals surface area contributed by atoms with Crippen LogP contribution in [0.1, 0.15) is 76.9 Å². The van der Waals surface area contributed by atoms with E-state index in [1.54, 1.807) is 24.3 Å². The van der Waals surface area contributed by atoms with Gasteiger partial charge in [0.2, 0.25) is 0 Å². The maximum absolute atomic E-state index is 11.9. The standard InChI is InChI=1S/C52H42N4O4/c1-27-23-29(3)45(30(4)24-27)49-41-19-15-37(53-41)47(33-7-11-35(12-8-33)51(57)58)39-17-21-43(55-39)50(46-31(5)25-28(2)26-32(46)6)44-22-18-40(56-44)48(38-16-20-42(49)54-38)34-9-13-36(14-10-34)52(59)60/h7-26,53,56H,1-6H3,(H,57,58)(H,59,60). The second-order valence-corrected chi connectivity index (χ2v) is 15.8. The lowest BCUT2D eigenvalue weighted by Gasteiger charge is -2.13. The average Bonchev–Trinajstić information content (AvgIpc) is 4.04. The molecule has 0 aliphatic carbocycles. The smallest absolute Gasteiger partial charge is 0.335 e. The molecule has 0 atom stereocenters. The van der Waals surface area contributed by atoms with Crippen molar-refractivity contribution in [1.29, 1.82) is 0 Å². The van der Waals surface area contributed by atoms with E-state index in [2.05, 4.69) is 100 Å². The summed E-state index contributed by atoms with van der Waals surface area (Å²) in [5.74, 6) is -1.98. The average molecular weight is 787 g/mol. The fourth-order valence-electron chi connectivity index (χ4n) is 9.05. The van der Waals surface area contributed by atoms with Gasteiger partial charge in [0.1, 0.15) is 0 Å². The van der Waals surface area contributed by atoms with Crippen molar-refractivity contribution in [2.24, 2.45) is 0 Å². The molecule has 8 bridgehead atoms. The molecule has 2 aliphatic rings. The van der Waals surface area contributed by atoms with Crippen LogP contribution in [0.4, 0.5) is 0 Å². The van der Waals surface area contributed by atoms with Crippen molar-refractivity contribution >= 4 is 58.3 Å². The third kappa shape index (κ3) is 6.62. The van der Waals surface area contributed by atoms with E-state index in [1.807, 2.05) is 48.6 Å². The number of carboxylic acids is 2. The largest absolute Gasteiger partial charge is 0.478 e. The van der Waals surface area contributed by atoms with Gasteiger partial charge in [0.25, 0.3) is 0 Å². The summed E-state index contributed by atoms with van der Waals surface area (Å²) < 4.78 is 0. The van der Waals surface area contributed by atoms with Gasteiger partial charge >= 0.3 is 11.9 Å². The minimum absolute atomic E-state index is 0.201. The van der Waals surface area contributed by atoms with Crippen LogP contribution in [0, 0.1) is 41.5 Å². The number of rotatable bonds is 6. The zero-order valence-electron chi connectivity index (χ0n) is 34.2. The van der Waals surface area contributed by atoms with E-state index >= 15 is 0 Å². The van der Waals surface area contributed by atoms with E-state index in [4.69, 9.17) is 9.97 Å². The first-order chi connectivity index (χ1) is 28.8. The van der Waals surface area contributed by atoms with Crippen LogP contribution < -0.4 is 0 Å². The second kappa shape index (κ2) is 14.7. The van der Waals surface area contributed by atoms with Crippen molar-refractivity contribution < 1.29 is 19.8 Å². The van der Waals surface area contributed by atoms with Gasteiger partial charge in [-0.25, -0.2) is 19.6 Å². The number of carbonyl (C=O) groups is 2. The predicted molar refractivity (Wildman–Crippen MR) is 243 cm³/mol. The minimum Gasteiger partial charge on any atom is -0.478 e. The van der Waals surface area contributed by atoms with E-state index in [0.717, 1.165) is 112 Å². The van der Waals surface area contributed by atoms with Gasteiger partial charge in [0.05, 0.1) is 33.9 Å². The van der Waals surface area contributed by atoms with Crippen molar-refractivity contribution in [1.82, 2.24) is 19.9 Å². The van der Waals surface area contributed by atoms with Crippen LogP contribution in [-0.2, 0) is 0 Å². The summed E-state index contributed by atoms with van der Waals surface area (Å²) in [6.45, 7) is 12.7. The van der Waals surface area contributed by atoms with E-state index in [9.17, 15) is 19.8 Å². The lowest BCUT2D eigenvalue weighted by atomic mass is 9.92. The van der Waals surface area contributed by atoms with Gasteiger partial charge in [-0.3, -0.25) is 0 Å². The molecule has 0 radical (unpaired) electrons. The zero-order valence-corrected chi connectivity index (χ0v) is 34.2. The number of aryl methyl sites for hydroxylation is 6. The summed E-state index contributed by atoms with van der Waals surface area (Å²) >= 11 is 0. The summed E-state index contributed by atoms with van der Waals surface area (Å²) in [5.41, 5.74) is 20.8. The molecule has 2 aliphatic heterocycles.